The van der Waals surface area contributed by atoms with Gasteiger partial charge in [-0.25, -0.2) is 0 Å². The highest BCUT2D eigenvalue weighted by Gasteiger charge is 2.36. The van der Waals surface area contributed by atoms with E-state index in [1.807, 2.05) is 32.0 Å². The van der Waals surface area contributed by atoms with Crippen LogP contribution in [0.15, 0.2) is 18.2 Å². The minimum absolute atomic E-state index is 0.170. The van der Waals surface area contributed by atoms with Crippen LogP contribution in [0.3, 0.4) is 0 Å². The lowest BCUT2D eigenvalue weighted by molar-refractivity contribution is -0.124. The number of nitrogens with one attached hydrogen (secondary N) is 1. The molecule has 21 heavy (non-hydrogen) atoms. The summed E-state index contributed by atoms with van der Waals surface area (Å²) in [7, 11) is 0. The van der Waals surface area contributed by atoms with Gasteiger partial charge in [0, 0.05) is 13.2 Å². The fourth-order valence-electron chi connectivity index (χ4n) is 2.27. The number of benzene rings is 1. The third kappa shape index (κ3) is 3.95. The third-order valence-corrected chi connectivity index (χ3v) is 3.68. The van der Waals surface area contributed by atoms with Gasteiger partial charge in [0.15, 0.2) is 0 Å². The van der Waals surface area contributed by atoms with E-state index in [2.05, 4.69) is 5.32 Å². The summed E-state index contributed by atoms with van der Waals surface area (Å²) in [5.41, 5.74) is 7.11. The maximum atomic E-state index is 12.5. The van der Waals surface area contributed by atoms with E-state index in [0.717, 1.165) is 12.0 Å². The number of ether oxygens (including phenoxy) is 2. The average Bonchev–Trinajstić information content (AvgIpc) is 2.48. The molecule has 116 valence electrons. The Balaban J connectivity index is 2.12. The molecule has 5 heteroatoms. The van der Waals surface area contributed by atoms with Crippen LogP contribution < -0.4 is 15.8 Å². The van der Waals surface area contributed by atoms with Gasteiger partial charge in [0.1, 0.15) is 11.3 Å². The second-order valence-electron chi connectivity index (χ2n) is 5.57. The first-order chi connectivity index (χ1) is 10.0. The Bertz CT molecular complexity index is 496. The molecule has 5 nitrogen and oxygen atoms in total. The fraction of sp³-hybridized carbons (Fsp3) is 0.562. The van der Waals surface area contributed by atoms with Crippen molar-refractivity contribution in [3.63, 3.8) is 0 Å². The molecule has 2 rings (SSSR count). The molecular formula is C16H24N2O3. The van der Waals surface area contributed by atoms with Gasteiger partial charge >= 0.3 is 0 Å². The number of anilines is 1. The molecule has 1 aromatic rings. The van der Waals surface area contributed by atoms with E-state index in [1.165, 1.54) is 0 Å². The zero-order chi connectivity index (χ0) is 15.3. The number of amides is 1. The van der Waals surface area contributed by atoms with Crippen LogP contribution in [0.2, 0.25) is 0 Å². The minimum Gasteiger partial charge on any atom is -0.491 e. The van der Waals surface area contributed by atoms with Gasteiger partial charge in [0.05, 0.1) is 12.3 Å². The predicted octanol–water partition coefficient (Wildman–Crippen LogP) is 2.23. The monoisotopic (exact) mass is 292 g/mol. The Hall–Kier alpha value is -1.59. The van der Waals surface area contributed by atoms with Crippen molar-refractivity contribution in [2.75, 3.05) is 25.1 Å². The van der Waals surface area contributed by atoms with E-state index in [0.29, 0.717) is 44.1 Å². The molecule has 1 aliphatic heterocycles. The summed E-state index contributed by atoms with van der Waals surface area (Å²) in [6, 6.07) is 5.74. The Labute approximate surface area is 125 Å². The fourth-order valence-corrected chi connectivity index (χ4v) is 2.27. The smallest absolute Gasteiger partial charge is 0.244 e. The molecular weight excluding hydrogens is 268 g/mol. The van der Waals surface area contributed by atoms with Gasteiger partial charge < -0.3 is 20.5 Å². The molecule has 0 spiro atoms. The molecule has 1 saturated heterocycles. The SMILES string of the molecule is CCCOc1cc(C)ccc1NC(=O)C1(N)CCOCC1. The first-order valence-corrected chi connectivity index (χ1v) is 7.47. The molecule has 1 fully saturated rings. The van der Waals surface area contributed by atoms with E-state index in [9.17, 15) is 4.79 Å². The highest BCUT2D eigenvalue weighted by atomic mass is 16.5. The molecule has 0 unspecified atom stereocenters. The highest BCUT2D eigenvalue weighted by molar-refractivity contribution is 5.99. The molecule has 0 aromatic heterocycles. The number of carbonyl (C=O) groups is 1. The Morgan fingerprint density at radius 1 is 1.43 bits per heavy atom. The minimum atomic E-state index is -0.856. The van der Waals surface area contributed by atoms with Crippen LogP contribution in [0.25, 0.3) is 0 Å². The normalized spacial score (nSPS) is 17.3. The van der Waals surface area contributed by atoms with Crippen LogP contribution >= 0.6 is 0 Å². The van der Waals surface area contributed by atoms with Gasteiger partial charge in [-0.05, 0) is 43.9 Å². The van der Waals surface area contributed by atoms with E-state index in [4.69, 9.17) is 15.2 Å². The van der Waals surface area contributed by atoms with Gasteiger partial charge in [-0.3, -0.25) is 4.79 Å². The largest absolute Gasteiger partial charge is 0.491 e. The van der Waals surface area contributed by atoms with Gasteiger partial charge in [-0.2, -0.15) is 0 Å². The zero-order valence-electron chi connectivity index (χ0n) is 12.8. The van der Waals surface area contributed by atoms with Crippen molar-refractivity contribution in [3.8, 4) is 5.75 Å². The van der Waals surface area contributed by atoms with E-state index in [-0.39, 0.29) is 5.91 Å². The standard InChI is InChI=1S/C16H24N2O3/c1-3-8-21-14-11-12(2)4-5-13(14)18-15(19)16(17)6-9-20-10-7-16/h4-5,11H,3,6-10,17H2,1-2H3,(H,18,19). The molecule has 0 atom stereocenters. The van der Waals surface area contributed by atoms with Crippen LogP contribution in [-0.4, -0.2) is 31.3 Å². The summed E-state index contributed by atoms with van der Waals surface area (Å²) >= 11 is 0. The van der Waals surface area contributed by atoms with Crippen LogP contribution in [0.5, 0.6) is 5.75 Å². The second-order valence-corrected chi connectivity index (χ2v) is 5.57. The summed E-state index contributed by atoms with van der Waals surface area (Å²) in [6.07, 6.45) is 1.99. The topological polar surface area (TPSA) is 73.6 Å². The number of nitrogens with two attached hydrogens (primary N) is 1. The van der Waals surface area contributed by atoms with Crippen molar-refractivity contribution < 1.29 is 14.3 Å². The maximum Gasteiger partial charge on any atom is 0.244 e. The quantitative estimate of drug-likeness (QED) is 0.873. The first kappa shape index (κ1) is 15.8. The van der Waals surface area contributed by atoms with E-state index in [1.54, 1.807) is 0 Å². The van der Waals surface area contributed by atoms with E-state index >= 15 is 0 Å². The molecule has 1 heterocycles. The number of carbonyl (C=O) groups excluding carboxylic acids is 1. The Kier molecular flexibility index (Phi) is 5.20. The summed E-state index contributed by atoms with van der Waals surface area (Å²) < 4.78 is 11.0. The molecule has 0 aliphatic carbocycles. The van der Waals surface area contributed by atoms with Crippen molar-refractivity contribution >= 4 is 11.6 Å². The van der Waals surface area contributed by atoms with Crippen LogP contribution in [0.4, 0.5) is 5.69 Å². The van der Waals surface area contributed by atoms with Gasteiger partial charge in [-0.1, -0.05) is 13.0 Å². The van der Waals surface area contributed by atoms with Crippen molar-refractivity contribution in [1.29, 1.82) is 0 Å². The Morgan fingerprint density at radius 3 is 2.81 bits per heavy atom. The lowest BCUT2D eigenvalue weighted by Crippen LogP contribution is -2.54. The molecule has 1 aromatic carbocycles. The Morgan fingerprint density at radius 2 is 2.14 bits per heavy atom. The van der Waals surface area contributed by atoms with Crippen molar-refractivity contribution in [2.45, 2.75) is 38.6 Å². The second kappa shape index (κ2) is 6.91. The number of rotatable bonds is 5. The van der Waals surface area contributed by atoms with Crippen molar-refractivity contribution in [3.05, 3.63) is 23.8 Å². The van der Waals surface area contributed by atoms with Crippen LogP contribution in [-0.2, 0) is 9.53 Å². The molecule has 1 aliphatic rings. The van der Waals surface area contributed by atoms with Gasteiger partial charge in [0.2, 0.25) is 5.91 Å². The van der Waals surface area contributed by atoms with Crippen LogP contribution in [0.1, 0.15) is 31.7 Å². The highest BCUT2D eigenvalue weighted by Crippen LogP contribution is 2.28. The van der Waals surface area contributed by atoms with Gasteiger partial charge in [0.25, 0.3) is 0 Å². The first-order valence-electron chi connectivity index (χ1n) is 7.47. The summed E-state index contributed by atoms with van der Waals surface area (Å²) in [4.78, 5) is 12.5. The number of hydrogen-bond donors (Lipinski definition) is 2. The van der Waals surface area contributed by atoms with Crippen molar-refractivity contribution in [2.24, 2.45) is 5.73 Å². The maximum absolute atomic E-state index is 12.5. The molecule has 3 N–H and O–H groups in total. The predicted molar refractivity (Wildman–Crippen MR) is 82.6 cm³/mol. The number of hydrogen-bond acceptors (Lipinski definition) is 4. The summed E-state index contributed by atoms with van der Waals surface area (Å²) in [6.45, 7) is 5.71. The van der Waals surface area contributed by atoms with Gasteiger partial charge in [-0.15, -0.1) is 0 Å². The lowest BCUT2D eigenvalue weighted by atomic mass is 9.90. The lowest BCUT2D eigenvalue weighted by Gasteiger charge is -2.32. The van der Waals surface area contributed by atoms with Crippen molar-refractivity contribution in [1.82, 2.24) is 0 Å². The molecule has 0 radical (unpaired) electrons. The third-order valence-electron chi connectivity index (χ3n) is 3.68. The number of aryl methyl sites for hydroxylation is 1. The summed E-state index contributed by atoms with van der Waals surface area (Å²) in [5, 5.41) is 2.91. The van der Waals surface area contributed by atoms with Crippen LogP contribution in [0, 0.1) is 6.92 Å². The molecule has 0 saturated carbocycles. The molecule has 1 amide bonds. The molecule has 0 bridgehead atoms. The zero-order valence-corrected chi connectivity index (χ0v) is 12.8. The average molecular weight is 292 g/mol. The van der Waals surface area contributed by atoms with E-state index < -0.39 is 5.54 Å². The summed E-state index contributed by atoms with van der Waals surface area (Å²) in [5.74, 6) is 0.525.